The number of aliphatic imine (C=N–C) groups is 1. The second-order valence-corrected chi connectivity index (χ2v) is 6.44. The Morgan fingerprint density at radius 1 is 1.15 bits per heavy atom. The van der Waals surface area contributed by atoms with Gasteiger partial charge < -0.3 is 19.9 Å². The highest BCUT2D eigenvalue weighted by Gasteiger charge is 2.20. The smallest absolute Gasteiger partial charge is 0.225 e. The number of rotatable bonds is 6. The first-order valence-electron chi connectivity index (χ1n) is 9.20. The summed E-state index contributed by atoms with van der Waals surface area (Å²) >= 11 is 6.11. The molecule has 0 bridgehead atoms. The van der Waals surface area contributed by atoms with Crippen LogP contribution in [0.15, 0.2) is 47.7 Å². The minimum Gasteiger partial charge on any atom is -0.490 e. The van der Waals surface area contributed by atoms with E-state index in [1.807, 2.05) is 30.3 Å². The molecule has 1 aromatic heterocycles. The van der Waals surface area contributed by atoms with Gasteiger partial charge in [-0.3, -0.25) is 0 Å². The fourth-order valence-electron chi connectivity index (χ4n) is 2.87. The number of benzene rings is 1. The maximum Gasteiger partial charge on any atom is 0.225 e. The molecular formula is C19H25ClN6O. The van der Waals surface area contributed by atoms with Crippen molar-refractivity contribution < 1.29 is 4.74 Å². The van der Waals surface area contributed by atoms with Gasteiger partial charge in [0.25, 0.3) is 0 Å². The first-order valence-corrected chi connectivity index (χ1v) is 9.58. The zero-order chi connectivity index (χ0) is 18.9. The highest BCUT2D eigenvalue weighted by atomic mass is 35.5. The molecule has 0 amide bonds. The fraction of sp³-hybridized carbons (Fsp3) is 0.421. The molecule has 1 fully saturated rings. The average Bonchev–Trinajstić information content (AvgIpc) is 2.72. The van der Waals surface area contributed by atoms with Gasteiger partial charge in [-0.1, -0.05) is 23.7 Å². The quantitative estimate of drug-likeness (QED) is 0.465. The zero-order valence-corrected chi connectivity index (χ0v) is 16.3. The second kappa shape index (κ2) is 9.97. The molecule has 27 heavy (non-hydrogen) atoms. The molecule has 3 rings (SSSR count). The predicted octanol–water partition coefficient (Wildman–Crippen LogP) is 2.30. The van der Waals surface area contributed by atoms with E-state index in [0.29, 0.717) is 23.9 Å². The lowest BCUT2D eigenvalue weighted by molar-refractivity contribution is 0.325. The molecule has 2 heterocycles. The van der Waals surface area contributed by atoms with Gasteiger partial charge in [-0.25, -0.2) is 15.0 Å². The molecule has 0 radical (unpaired) electrons. The van der Waals surface area contributed by atoms with Crippen LogP contribution in [0, 0.1) is 0 Å². The van der Waals surface area contributed by atoms with E-state index in [1.54, 1.807) is 12.4 Å². The second-order valence-electron chi connectivity index (χ2n) is 6.04. The van der Waals surface area contributed by atoms with Gasteiger partial charge in [-0.2, -0.15) is 0 Å². The molecule has 1 saturated heterocycles. The first kappa shape index (κ1) is 19.2. The monoisotopic (exact) mass is 388 g/mol. The number of ether oxygens (including phenoxy) is 1. The molecule has 1 aliphatic heterocycles. The van der Waals surface area contributed by atoms with Crippen molar-refractivity contribution in [1.29, 1.82) is 0 Å². The number of aromatic nitrogens is 2. The summed E-state index contributed by atoms with van der Waals surface area (Å²) in [6.45, 7) is 7.42. The number of hydrogen-bond donors (Lipinski definition) is 1. The van der Waals surface area contributed by atoms with Crippen molar-refractivity contribution in [3.8, 4) is 5.75 Å². The lowest BCUT2D eigenvalue weighted by Gasteiger charge is -2.36. The highest BCUT2D eigenvalue weighted by Crippen LogP contribution is 2.22. The molecule has 8 heteroatoms. The Kier molecular flexibility index (Phi) is 7.10. The molecule has 0 spiro atoms. The third-order valence-corrected chi connectivity index (χ3v) is 4.51. The minimum absolute atomic E-state index is 0.483. The van der Waals surface area contributed by atoms with Crippen molar-refractivity contribution in [2.45, 2.75) is 6.92 Å². The molecule has 0 atom stereocenters. The molecule has 1 aliphatic rings. The van der Waals surface area contributed by atoms with Crippen molar-refractivity contribution in [3.63, 3.8) is 0 Å². The number of anilines is 1. The summed E-state index contributed by atoms with van der Waals surface area (Å²) in [5, 5.41) is 3.98. The Morgan fingerprint density at radius 3 is 2.59 bits per heavy atom. The number of piperazine rings is 1. The van der Waals surface area contributed by atoms with Crippen LogP contribution in [0.25, 0.3) is 0 Å². The van der Waals surface area contributed by atoms with Gasteiger partial charge in [0.1, 0.15) is 12.4 Å². The van der Waals surface area contributed by atoms with Gasteiger partial charge in [0.15, 0.2) is 5.96 Å². The van der Waals surface area contributed by atoms with E-state index in [2.05, 4.69) is 32.0 Å². The topological polar surface area (TPSA) is 65.9 Å². The summed E-state index contributed by atoms with van der Waals surface area (Å²) in [4.78, 5) is 17.8. The van der Waals surface area contributed by atoms with Crippen LogP contribution in [0.3, 0.4) is 0 Å². The molecule has 144 valence electrons. The number of halogens is 1. The van der Waals surface area contributed by atoms with E-state index in [1.165, 1.54) is 0 Å². The van der Waals surface area contributed by atoms with Crippen LogP contribution >= 0.6 is 11.6 Å². The Balaban J connectivity index is 1.51. The van der Waals surface area contributed by atoms with E-state index < -0.39 is 0 Å². The largest absolute Gasteiger partial charge is 0.490 e. The van der Waals surface area contributed by atoms with Crippen LogP contribution in [0.4, 0.5) is 5.95 Å². The summed E-state index contributed by atoms with van der Waals surface area (Å²) < 4.78 is 5.72. The van der Waals surface area contributed by atoms with E-state index in [-0.39, 0.29) is 0 Å². The third kappa shape index (κ3) is 5.47. The summed E-state index contributed by atoms with van der Waals surface area (Å²) in [5.41, 5.74) is 0. The first-order chi connectivity index (χ1) is 13.3. The molecule has 0 aliphatic carbocycles. The van der Waals surface area contributed by atoms with Crippen LogP contribution in [0.2, 0.25) is 5.02 Å². The van der Waals surface area contributed by atoms with Crippen LogP contribution in [-0.2, 0) is 0 Å². The molecule has 1 N–H and O–H groups in total. The van der Waals surface area contributed by atoms with E-state index in [4.69, 9.17) is 21.3 Å². The zero-order valence-electron chi connectivity index (χ0n) is 15.5. The number of nitrogens with one attached hydrogen (secondary N) is 1. The Hall–Kier alpha value is -2.54. The van der Waals surface area contributed by atoms with Gasteiger partial charge in [-0.05, 0) is 25.1 Å². The van der Waals surface area contributed by atoms with Gasteiger partial charge >= 0.3 is 0 Å². The molecular weight excluding hydrogens is 364 g/mol. The van der Waals surface area contributed by atoms with Crippen molar-refractivity contribution in [2.24, 2.45) is 4.99 Å². The van der Waals surface area contributed by atoms with Crippen molar-refractivity contribution in [2.75, 3.05) is 50.8 Å². The lowest BCUT2D eigenvalue weighted by atomic mass is 10.3. The van der Waals surface area contributed by atoms with E-state index in [0.717, 1.165) is 44.6 Å². The van der Waals surface area contributed by atoms with Crippen LogP contribution in [0.1, 0.15) is 6.92 Å². The van der Waals surface area contributed by atoms with Crippen molar-refractivity contribution >= 4 is 23.5 Å². The van der Waals surface area contributed by atoms with Crippen LogP contribution < -0.4 is 15.0 Å². The van der Waals surface area contributed by atoms with Gasteiger partial charge in [-0.15, -0.1) is 0 Å². The van der Waals surface area contributed by atoms with E-state index >= 15 is 0 Å². The van der Waals surface area contributed by atoms with Gasteiger partial charge in [0.05, 0.1) is 11.6 Å². The minimum atomic E-state index is 0.483. The fourth-order valence-corrected chi connectivity index (χ4v) is 3.06. The molecule has 0 unspecified atom stereocenters. The maximum absolute atomic E-state index is 6.11. The summed E-state index contributed by atoms with van der Waals surface area (Å²) in [7, 11) is 0. The summed E-state index contributed by atoms with van der Waals surface area (Å²) in [6.07, 6.45) is 3.55. The van der Waals surface area contributed by atoms with Crippen LogP contribution in [-0.4, -0.2) is 66.7 Å². The van der Waals surface area contributed by atoms with E-state index in [9.17, 15) is 0 Å². The molecule has 0 saturated carbocycles. The lowest BCUT2D eigenvalue weighted by Crippen LogP contribution is -2.53. The third-order valence-electron chi connectivity index (χ3n) is 4.20. The SMILES string of the molecule is CCNC(=NCCOc1ccccc1Cl)N1CCN(c2ncccn2)CC1. The maximum atomic E-state index is 6.11. The molecule has 2 aromatic rings. The Morgan fingerprint density at radius 2 is 1.89 bits per heavy atom. The van der Waals surface area contributed by atoms with Crippen molar-refractivity contribution in [1.82, 2.24) is 20.2 Å². The predicted molar refractivity (Wildman–Crippen MR) is 109 cm³/mol. The molecule has 7 nitrogen and oxygen atoms in total. The van der Waals surface area contributed by atoms with Crippen LogP contribution in [0.5, 0.6) is 5.75 Å². The number of hydrogen-bond acceptors (Lipinski definition) is 5. The highest BCUT2D eigenvalue weighted by molar-refractivity contribution is 6.32. The number of nitrogens with zero attached hydrogens (tertiary/aromatic N) is 5. The van der Waals surface area contributed by atoms with Gasteiger partial charge in [0.2, 0.25) is 5.95 Å². The number of para-hydroxylation sites is 1. The Labute approximate surface area is 165 Å². The standard InChI is InChI=1S/C19H25ClN6O/c1-2-21-18(24-10-15-27-17-7-4-3-6-16(17)20)25-11-13-26(14-12-25)19-22-8-5-9-23-19/h3-9H,2,10-15H2,1H3,(H,21,24). The van der Waals surface area contributed by atoms with Gasteiger partial charge in [0, 0.05) is 45.1 Å². The number of guanidine groups is 1. The average molecular weight is 389 g/mol. The Bertz CT molecular complexity index is 734. The summed E-state index contributed by atoms with van der Waals surface area (Å²) in [6, 6.07) is 9.31. The summed E-state index contributed by atoms with van der Waals surface area (Å²) in [5.74, 6) is 2.39. The molecule has 1 aromatic carbocycles. The normalized spacial score (nSPS) is 15.0. The van der Waals surface area contributed by atoms with Crippen molar-refractivity contribution in [3.05, 3.63) is 47.7 Å².